The Balaban J connectivity index is 2.11. The molecule has 0 radical (unpaired) electrons. The minimum absolute atomic E-state index is 0.170. The van der Waals surface area contributed by atoms with Crippen LogP contribution in [0.2, 0.25) is 0 Å². The Morgan fingerprint density at radius 2 is 1.85 bits per heavy atom. The molecule has 166 valence electrons. The molecule has 7 nitrogen and oxygen atoms in total. The molecule has 33 heavy (non-hydrogen) atoms. The van der Waals surface area contributed by atoms with Crippen molar-refractivity contribution < 1.29 is 4.79 Å². The van der Waals surface area contributed by atoms with Crippen molar-refractivity contribution in [1.29, 1.82) is 10.5 Å². The van der Waals surface area contributed by atoms with E-state index in [-0.39, 0.29) is 5.91 Å². The van der Waals surface area contributed by atoms with E-state index >= 15 is 0 Å². The maximum absolute atomic E-state index is 11.4. The Kier molecular flexibility index (Phi) is 8.01. The number of hydrogen-bond acceptors (Lipinski definition) is 7. The highest BCUT2D eigenvalue weighted by Crippen LogP contribution is 2.37. The van der Waals surface area contributed by atoms with Crippen molar-refractivity contribution in [3.63, 3.8) is 0 Å². The molecule has 0 atom stereocenters. The second-order valence-electron chi connectivity index (χ2n) is 7.80. The van der Waals surface area contributed by atoms with Crippen LogP contribution in [0.5, 0.6) is 0 Å². The summed E-state index contributed by atoms with van der Waals surface area (Å²) < 4.78 is 0. The number of hydrogen-bond donors (Lipinski definition) is 2. The largest absolute Gasteiger partial charge is 0.369 e. The quantitative estimate of drug-likeness (QED) is 0.447. The van der Waals surface area contributed by atoms with E-state index in [9.17, 15) is 15.3 Å². The van der Waals surface area contributed by atoms with Gasteiger partial charge < -0.3 is 10.6 Å². The molecule has 2 N–H and O–H groups in total. The third-order valence-electron chi connectivity index (χ3n) is 4.66. The van der Waals surface area contributed by atoms with Crippen molar-refractivity contribution in [1.82, 2.24) is 9.97 Å². The number of nitriles is 2. The lowest BCUT2D eigenvalue weighted by molar-refractivity contribution is -0.114. The minimum atomic E-state index is -0.170. The molecule has 0 aliphatic carbocycles. The zero-order chi connectivity index (χ0) is 23.8. The SMILES string of the molecule is CC(=O)Nc1ccc(-c2c(C#N)c(NCC(C)C)nc(SCc3cccnc3)c2C#N)cc1. The highest BCUT2D eigenvalue weighted by molar-refractivity contribution is 7.98. The molecule has 0 fully saturated rings. The lowest BCUT2D eigenvalue weighted by Gasteiger charge is -2.17. The molecular formula is C25H24N6OS. The van der Waals surface area contributed by atoms with Gasteiger partial charge in [-0.25, -0.2) is 4.98 Å². The fraction of sp³-hybridized carbons (Fsp3) is 0.240. The summed E-state index contributed by atoms with van der Waals surface area (Å²) >= 11 is 1.43. The second kappa shape index (κ2) is 11.1. The third-order valence-corrected chi connectivity index (χ3v) is 5.70. The van der Waals surface area contributed by atoms with Gasteiger partial charge in [-0.1, -0.05) is 32.0 Å². The van der Waals surface area contributed by atoms with Gasteiger partial charge in [-0.2, -0.15) is 10.5 Å². The van der Waals surface area contributed by atoms with Gasteiger partial charge in [0.15, 0.2) is 0 Å². The topological polar surface area (TPSA) is 114 Å². The summed E-state index contributed by atoms with van der Waals surface area (Å²) in [5.74, 6) is 1.23. The monoisotopic (exact) mass is 456 g/mol. The Morgan fingerprint density at radius 3 is 2.42 bits per heavy atom. The highest BCUT2D eigenvalue weighted by atomic mass is 32.2. The van der Waals surface area contributed by atoms with E-state index in [0.29, 0.717) is 57.0 Å². The molecule has 0 unspecified atom stereocenters. The Hall–Kier alpha value is -3.88. The van der Waals surface area contributed by atoms with Gasteiger partial charge in [0.1, 0.15) is 28.5 Å². The zero-order valence-electron chi connectivity index (χ0n) is 18.7. The lowest BCUT2D eigenvalue weighted by atomic mass is 9.96. The van der Waals surface area contributed by atoms with Crippen molar-refractivity contribution in [2.75, 3.05) is 17.2 Å². The fourth-order valence-electron chi connectivity index (χ4n) is 3.16. The van der Waals surface area contributed by atoms with E-state index in [1.807, 2.05) is 12.1 Å². The maximum atomic E-state index is 11.4. The number of rotatable bonds is 8. The van der Waals surface area contributed by atoms with Crippen molar-refractivity contribution in [3.8, 4) is 23.3 Å². The predicted octanol–water partition coefficient (Wildman–Crippen LogP) is 5.21. The summed E-state index contributed by atoms with van der Waals surface area (Å²) in [5.41, 5.74) is 3.56. The van der Waals surface area contributed by atoms with Crippen LogP contribution in [0.25, 0.3) is 11.1 Å². The van der Waals surface area contributed by atoms with Crippen LogP contribution in [0.4, 0.5) is 11.5 Å². The van der Waals surface area contributed by atoms with E-state index in [2.05, 4.69) is 46.6 Å². The van der Waals surface area contributed by atoms with Gasteiger partial charge >= 0.3 is 0 Å². The summed E-state index contributed by atoms with van der Waals surface area (Å²) in [6.45, 7) is 6.23. The van der Waals surface area contributed by atoms with E-state index in [1.54, 1.807) is 36.7 Å². The number of nitrogens with zero attached hydrogens (tertiary/aromatic N) is 4. The van der Waals surface area contributed by atoms with Crippen LogP contribution in [-0.2, 0) is 10.5 Å². The number of carbonyl (C=O) groups is 1. The average Bonchev–Trinajstić information content (AvgIpc) is 2.81. The maximum Gasteiger partial charge on any atom is 0.221 e. The first-order valence-electron chi connectivity index (χ1n) is 10.4. The van der Waals surface area contributed by atoms with Gasteiger partial charge in [0.2, 0.25) is 5.91 Å². The molecule has 2 heterocycles. The molecule has 0 saturated carbocycles. The average molecular weight is 457 g/mol. The molecule has 3 aromatic rings. The normalized spacial score (nSPS) is 10.4. The summed E-state index contributed by atoms with van der Waals surface area (Å²) in [6.07, 6.45) is 3.49. The zero-order valence-corrected chi connectivity index (χ0v) is 19.5. The number of nitrogens with one attached hydrogen (secondary N) is 2. The molecule has 8 heteroatoms. The van der Waals surface area contributed by atoms with Crippen molar-refractivity contribution >= 4 is 29.2 Å². The molecule has 2 aromatic heterocycles. The summed E-state index contributed by atoms with van der Waals surface area (Å²) in [7, 11) is 0. The first-order chi connectivity index (χ1) is 15.9. The molecular weight excluding hydrogens is 432 g/mol. The first-order valence-corrected chi connectivity index (χ1v) is 11.4. The van der Waals surface area contributed by atoms with Crippen molar-refractivity contribution in [2.45, 2.75) is 31.6 Å². The van der Waals surface area contributed by atoms with Crippen LogP contribution in [-0.4, -0.2) is 22.4 Å². The van der Waals surface area contributed by atoms with Gasteiger partial charge in [-0.3, -0.25) is 9.78 Å². The summed E-state index contributed by atoms with van der Waals surface area (Å²) in [5, 5.41) is 26.6. The molecule has 0 spiro atoms. The third kappa shape index (κ3) is 6.09. The minimum Gasteiger partial charge on any atom is -0.369 e. The highest BCUT2D eigenvalue weighted by Gasteiger charge is 2.22. The number of pyridine rings is 2. The predicted molar refractivity (Wildman–Crippen MR) is 131 cm³/mol. The van der Waals surface area contributed by atoms with Crippen LogP contribution in [0.15, 0.2) is 53.8 Å². The fourth-order valence-corrected chi connectivity index (χ4v) is 4.08. The molecule has 0 bridgehead atoms. The van der Waals surface area contributed by atoms with Gasteiger partial charge in [0.25, 0.3) is 0 Å². The number of thioether (sulfide) groups is 1. The standard InChI is InChI=1S/C25H24N6OS/c1-16(2)13-29-24-21(11-26)23(19-6-8-20(9-7-19)30-17(3)32)22(12-27)25(31-24)33-15-18-5-4-10-28-14-18/h4-10,14,16H,13,15H2,1-3H3,(H,29,31)(H,30,32). The number of amides is 1. The second-order valence-corrected chi connectivity index (χ2v) is 8.76. The van der Waals surface area contributed by atoms with Gasteiger partial charge in [-0.05, 0) is 35.2 Å². The van der Waals surface area contributed by atoms with E-state index < -0.39 is 0 Å². The van der Waals surface area contributed by atoms with Crippen LogP contribution in [0.3, 0.4) is 0 Å². The smallest absolute Gasteiger partial charge is 0.221 e. The first kappa shape index (κ1) is 23.8. The molecule has 3 rings (SSSR count). The van der Waals surface area contributed by atoms with Gasteiger partial charge in [0.05, 0.1) is 5.56 Å². The molecule has 1 amide bonds. The van der Waals surface area contributed by atoms with Crippen molar-refractivity contribution in [2.24, 2.45) is 5.92 Å². The molecule has 1 aromatic carbocycles. The molecule has 0 aliphatic heterocycles. The number of anilines is 2. The van der Waals surface area contributed by atoms with Crippen LogP contribution >= 0.6 is 11.8 Å². The Labute approximate surface area is 197 Å². The molecule has 0 saturated heterocycles. The number of benzene rings is 1. The van der Waals surface area contributed by atoms with Crippen LogP contribution in [0, 0.1) is 28.6 Å². The van der Waals surface area contributed by atoms with Gasteiger partial charge in [-0.15, -0.1) is 11.8 Å². The lowest BCUT2D eigenvalue weighted by Crippen LogP contribution is -2.12. The van der Waals surface area contributed by atoms with E-state index in [0.717, 1.165) is 5.56 Å². The Bertz CT molecular complexity index is 1210. The van der Waals surface area contributed by atoms with Crippen LogP contribution < -0.4 is 10.6 Å². The Morgan fingerprint density at radius 1 is 1.12 bits per heavy atom. The number of carbonyl (C=O) groups excluding carboxylic acids is 1. The molecule has 0 aliphatic rings. The van der Waals surface area contributed by atoms with Crippen molar-refractivity contribution in [3.05, 3.63) is 65.5 Å². The van der Waals surface area contributed by atoms with E-state index in [1.165, 1.54) is 18.7 Å². The summed E-state index contributed by atoms with van der Waals surface area (Å²) in [4.78, 5) is 20.2. The van der Waals surface area contributed by atoms with Gasteiger partial charge in [0, 0.05) is 42.9 Å². The summed E-state index contributed by atoms with van der Waals surface area (Å²) in [6, 6.07) is 15.4. The number of aromatic nitrogens is 2. The van der Waals surface area contributed by atoms with E-state index in [4.69, 9.17) is 0 Å². The van der Waals surface area contributed by atoms with Crippen LogP contribution in [0.1, 0.15) is 37.5 Å².